The number of alkyl halides is 1. The molecule has 5 heteroatoms. The molecule has 15 heavy (non-hydrogen) atoms. The van der Waals surface area contributed by atoms with E-state index in [1.165, 1.54) is 0 Å². The maximum Gasteiger partial charge on any atom is 0.108 e. The Bertz CT molecular complexity index is 360. The van der Waals surface area contributed by atoms with Crippen LogP contribution in [0.15, 0.2) is 30.3 Å². The summed E-state index contributed by atoms with van der Waals surface area (Å²) < 4.78 is -2.17. The summed E-state index contributed by atoms with van der Waals surface area (Å²) in [5.41, 5.74) is 0.572. The van der Waals surface area contributed by atoms with Gasteiger partial charge < -0.3 is 19.8 Å². The zero-order chi connectivity index (χ0) is 11.5. The summed E-state index contributed by atoms with van der Waals surface area (Å²) in [5, 5.41) is 21.4. The van der Waals surface area contributed by atoms with Gasteiger partial charge in [0.25, 0.3) is 0 Å². The minimum Gasteiger partial charge on any atom is -0.548 e. The highest BCUT2D eigenvalue weighted by Gasteiger charge is 2.30. The van der Waals surface area contributed by atoms with Gasteiger partial charge in [0.05, 0.1) is 11.9 Å². The van der Waals surface area contributed by atoms with Crippen molar-refractivity contribution in [1.82, 2.24) is 0 Å². The predicted molar refractivity (Wildman–Crippen MR) is 51.8 cm³/mol. The number of hydrogen-bond donors (Lipinski definition) is 0. The second kappa shape index (κ2) is 4.44. The molecule has 0 unspecified atom stereocenters. The van der Waals surface area contributed by atoms with Gasteiger partial charge in [0.1, 0.15) is 4.32 Å². The normalized spacial score (nSPS) is 11.0. The minimum absolute atomic E-state index is 0.224. The monoisotopic (exact) mass is 270 g/mol. The Morgan fingerprint density at radius 3 is 2.00 bits per heavy atom. The fourth-order valence-electron chi connectivity index (χ4n) is 1.10. The van der Waals surface area contributed by atoms with Crippen molar-refractivity contribution in [3.8, 4) is 0 Å². The molecule has 0 fully saturated rings. The molecule has 0 saturated carbocycles. The molecule has 0 aromatic heterocycles. The van der Waals surface area contributed by atoms with Crippen molar-refractivity contribution in [2.75, 3.05) is 0 Å². The van der Waals surface area contributed by atoms with Gasteiger partial charge in [-0.15, -0.1) is 0 Å². The Balaban J connectivity index is 2.95. The fraction of sp³-hybridized carbons (Fsp3) is 0.200. The molecular weight excluding hydrogens is 264 g/mol. The molecule has 0 aliphatic rings. The molecule has 80 valence electrons. The van der Waals surface area contributed by atoms with Gasteiger partial charge >= 0.3 is 0 Å². The van der Waals surface area contributed by atoms with E-state index in [9.17, 15) is 19.8 Å². The predicted octanol–water partition coefficient (Wildman–Crippen LogP) is -1.14. The Kier molecular flexibility index (Phi) is 3.47. The molecule has 4 nitrogen and oxygen atoms in total. The highest BCUT2D eigenvalue weighted by atomic mass is 79.9. The molecular formula is C10H7BrO4-2. The third kappa shape index (κ3) is 2.56. The Morgan fingerprint density at radius 2 is 1.60 bits per heavy atom. The number of carbonyl (C=O) groups excluding carboxylic acids is 2. The van der Waals surface area contributed by atoms with Crippen LogP contribution in [0, 0.1) is 0 Å². The van der Waals surface area contributed by atoms with Crippen molar-refractivity contribution in [3.63, 3.8) is 0 Å². The van der Waals surface area contributed by atoms with Gasteiger partial charge in [0.15, 0.2) is 0 Å². The van der Waals surface area contributed by atoms with Crippen LogP contribution in [0.5, 0.6) is 0 Å². The number of rotatable bonds is 4. The number of aliphatic carboxylic acids is 2. The quantitative estimate of drug-likeness (QED) is 0.512. The molecule has 0 saturated heterocycles. The van der Waals surface area contributed by atoms with E-state index >= 15 is 0 Å². The van der Waals surface area contributed by atoms with Crippen LogP contribution < -0.4 is 10.2 Å². The molecule has 0 radical (unpaired) electrons. The average molecular weight is 271 g/mol. The number of halogens is 1. The van der Waals surface area contributed by atoms with Crippen molar-refractivity contribution in [1.29, 1.82) is 0 Å². The standard InChI is InChI=1S/C10H9BrO4/c11-10(8(12)13,9(14)15)6-7-4-2-1-3-5-7/h1-5H,6H2,(H,12,13)(H,14,15)/p-2. The number of benzene rings is 1. The van der Waals surface area contributed by atoms with Gasteiger partial charge in [-0.2, -0.15) is 0 Å². The van der Waals surface area contributed by atoms with E-state index in [4.69, 9.17) is 0 Å². The maximum absolute atomic E-state index is 10.7. The smallest absolute Gasteiger partial charge is 0.108 e. The lowest BCUT2D eigenvalue weighted by molar-refractivity contribution is -0.327. The summed E-state index contributed by atoms with van der Waals surface area (Å²) in [7, 11) is 0. The molecule has 0 amide bonds. The number of carboxylic acids is 2. The molecule has 0 N–H and O–H groups in total. The van der Waals surface area contributed by atoms with Crippen molar-refractivity contribution in [3.05, 3.63) is 35.9 Å². The highest BCUT2D eigenvalue weighted by Crippen LogP contribution is 2.22. The largest absolute Gasteiger partial charge is 0.548 e. The zero-order valence-electron chi connectivity index (χ0n) is 7.60. The van der Waals surface area contributed by atoms with Gasteiger partial charge in [-0.05, 0) is 12.0 Å². The van der Waals surface area contributed by atoms with Crippen molar-refractivity contribution >= 4 is 27.9 Å². The average Bonchev–Trinajstić information content (AvgIpc) is 2.18. The molecule has 1 rings (SSSR count). The lowest BCUT2D eigenvalue weighted by Crippen LogP contribution is -2.56. The van der Waals surface area contributed by atoms with Crippen molar-refractivity contribution in [2.24, 2.45) is 0 Å². The summed E-state index contributed by atoms with van der Waals surface area (Å²) in [5.74, 6) is -3.43. The number of carboxylic acid groups (broad SMARTS) is 2. The Hall–Kier alpha value is -1.36. The van der Waals surface area contributed by atoms with Crippen LogP contribution >= 0.6 is 15.9 Å². The van der Waals surface area contributed by atoms with E-state index in [2.05, 4.69) is 15.9 Å². The number of hydrogen-bond acceptors (Lipinski definition) is 4. The van der Waals surface area contributed by atoms with E-state index in [1.807, 2.05) is 0 Å². The SMILES string of the molecule is O=C([O-])C(Br)(Cc1ccccc1)C(=O)[O-]. The molecule has 0 aliphatic carbocycles. The maximum atomic E-state index is 10.7. The van der Waals surface area contributed by atoms with Crippen LogP contribution in [0.25, 0.3) is 0 Å². The minimum atomic E-state index is -2.17. The first-order valence-corrected chi connectivity index (χ1v) is 4.92. The van der Waals surface area contributed by atoms with Gasteiger partial charge in [-0.1, -0.05) is 46.3 Å². The zero-order valence-corrected chi connectivity index (χ0v) is 9.19. The summed E-state index contributed by atoms with van der Waals surface area (Å²) >= 11 is 2.63. The molecule has 0 bridgehead atoms. The highest BCUT2D eigenvalue weighted by molar-refractivity contribution is 9.10. The van der Waals surface area contributed by atoms with E-state index in [0.717, 1.165) is 0 Å². The summed E-state index contributed by atoms with van der Waals surface area (Å²) in [6.45, 7) is 0. The second-order valence-corrected chi connectivity index (χ2v) is 4.39. The van der Waals surface area contributed by atoms with Crippen LogP contribution in [0.3, 0.4) is 0 Å². The first-order chi connectivity index (χ1) is 6.97. The number of carbonyl (C=O) groups is 2. The second-order valence-electron chi connectivity index (χ2n) is 3.04. The third-order valence-corrected chi connectivity index (χ3v) is 2.87. The topological polar surface area (TPSA) is 80.3 Å². The summed E-state index contributed by atoms with van der Waals surface area (Å²) in [6, 6.07) is 8.38. The van der Waals surface area contributed by atoms with E-state index in [-0.39, 0.29) is 6.42 Å². The van der Waals surface area contributed by atoms with Crippen LogP contribution in [0.2, 0.25) is 0 Å². The van der Waals surface area contributed by atoms with Crippen LogP contribution in [0.1, 0.15) is 5.56 Å². The third-order valence-electron chi connectivity index (χ3n) is 1.94. The molecule has 0 spiro atoms. The Labute approximate surface area is 94.7 Å². The van der Waals surface area contributed by atoms with Gasteiger partial charge in [-0.3, -0.25) is 0 Å². The molecule has 0 aliphatic heterocycles. The van der Waals surface area contributed by atoms with Crippen molar-refractivity contribution in [2.45, 2.75) is 10.7 Å². The van der Waals surface area contributed by atoms with Gasteiger partial charge in [0.2, 0.25) is 0 Å². The fourth-order valence-corrected chi connectivity index (χ4v) is 1.43. The first kappa shape index (κ1) is 11.7. The molecule has 1 aromatic carbocycles. The first-order valence-electron chi connectivity index (χ1n) is 4.12. The summed E-state index contributed by atoms with van der Waals surface area (Å²) in [6.07, 6.45) is -0.224. The lowest BCUT2D eigenvalue weighted by Gasteiger charge is -2.29. The van der Waals surface area contributed by atoms with Crippen LogP contribution in [0.4, 0.5) is 0 Å². The summed E-state index contributed by atoms with van der Waals surface area (Å²) in [4.78, 5) is 21.4. The van der Waals surface area contributed by atoms with Gasteiger partial charge in [-0.25, -0.2) is 0 Å². The van der Waals surface area contributed by atoms with E-state index in [1.54, 1.807) is 30.3 Å². The van der Waals surface area contributed by atoms with Gasteiger partial charge in [0, 0.05) is 0 Å². The molecule has 0 atom stereocenters. The van der Waals surface area contributed by atoms with E-state index in [0.29, 0.717) is 5.56 Å². The van der Waals surface area contributed by atoms with Crippen molar-refractivity contribution < 1.29 is 19.8 Å². The van der Waals surface area contributed by atoms with E-state index < -0.39 is 16.3 Å². The molecule has 1 aromatic rings. The molecule has 0 heterocycles. The lowest BCUT2D eigenvalue weighted by atomic mass is 9.99. The van der Waals surface area contributed by atoms with Crippen LogP contribution in [-0.4, -0.2) is 16.3 Å². The Morgan fingerprint density at radius 1 is 1.13 bits per heavy atom. The van der Waals surface area contributed by atoms with Crippen LogP contribution in [-0.2, 0) is 16.0 Å².